The van der Waals surface area contributed by atoms with E-state index in [0.717, 1.165) is 0 Å². The van der Waals surface area contributed by atoms with E-state index in [2.05, 4.69) is 5.32 Å². The molecule has 1 aliphatic rings. The van der Waals surface area contributed by atoms with Crippen LogP contribution in [0.5, 0.6) is 0 Å². The third-order valence-corrected chi connectivity index (χ3v) is 3.83. The molecule has 1 aliphatic carbocycles. The first-order chi connectivity index (χ1) is 9.26. The number of hydrogen-bond donors (Lipinski definition) is 3. The second-order valence-corrected chi connectivity index (χ2v) is 5.51. The van der Waals surface area contributed by atoms with Gasteiger partial charge in [0.2, 0.25) is 5.91 Å². The molecular formula is C14H16N2O4. The van der Waals surface area contributed by atoms with E-state index in [1.807, 2.05) is 0 Å². The van der Waals surface area contributed by atoms with Crippen molar-refractivity contribution >= 4 is 23.5 Å². The molecule has 0 radical (unpaired) electrons. The van der Waals surface area contributed by atoms with Crippen LogP contribution in [0.15, 0.2) is 24.3 Å². The Morgan fingerprint density at radius 3 is 2.30 bits per heavy atom. The minimum absolute atomic E-state index is 0.200. The summed E-state index contributed by atoms with van der Waals surface area (Å²) in [6, 6.07) is 6.36. The van der Waals surface area contributed by atoms with Gasteiger partial charge in [-0.3, -0.25) is 14.4 Å². The van der Waals surface area contributed by atoms with Crippen molar-refractivity contribution in [1.82, 2.24) is 0 Å². The number of para-hydroxylation sites is 1. The van der Waals surface area contributed by atoms with Gasteiger partial charge in [-0.15, -0.1) is 0 Å². The molecule has 0 spiro atoms. The van der Waals surface area contributed by atoms with Gasteiger partial charge < -0.3 is 16.2 Å². The first-order valence-electron chi connectivity index (χ1n) is 6.19. The summed E-state index contributed by atoms with van der Waals surface area (Å²) in [5.74, 6) is -3.36. The van der Waals surface area contributed by atoms with Gasteiger partial charge in [0.05, 0.1) is 23.1 Å². The number of hydrogen-bond acceptors (Lipinski definition) is 3. The number of carboxylic acid groups (broad SMARTS) is 1. The van der Waals surface area contributed by atoms with Gasteiger partial charge in [-0.1, -0.05) is 26.0 Å². The summed E-state index contributed by atoms with van der Waals surface area (Å²) in [5.41, 5.74) is 5.14. The third kappa shape index (κ3) is 2.24. The van der Waals surface area contributed by atoms with Crippen LogP contribution in [-0.4, -0.2) is 22.9 Å². The Morgan fingerprint density at radius 2 is 1.80 bits per heavy atom. The number of aliphatic carboxylic acids is 1. The zero-order valence-electron chi connectivity index (χ0n) is 11.2. The number of primary amides is 1. The number of nitrogens with one attached hydrogen (secondary N) is 1. The zero-order chi connectivity index (χ0) is 15.1. The summed E-state index contributed by atoms with van der Waals surface area (Å²) >= 11 is 0. The minimum Gasteiger partial charge on any atom is -0.481 e. The van der Waals surface area contributed by atoms with Crippen molar-refractivity contribution in [2.75, 3.05) is 5.32 Å². The van der Waals surface area contributed by atoms with Gasteiger partial charge in [0.1, 0.15) is 0 Å². The molecule has 0 bridgehead atoms. The molecule has 6 nitrogen and oxygen atoms in total. The van der Waals surface area contributed by atoms with Crippen LogP contribution >= 0.6 is 0 Å². The predicted octanol–water partition coefficient (Wildman–Crippen LogP) is 1.08. The van der Waals surface area contributed by atoms with Crippen molar-refractivity contribution in [2.45, 2.75) is 13.8 Å². The molecule has 1 fully saturated rings. The Kier molecular flexibility index (Phi) is 3.25. The topological polar surface area (TPSA) is 109 Å². The summed E-state index contributed by atoms with van der Waals surface area (Å²) in [6.45, 7) is 3.46. The van der Waals surface area contributed by atoms with Gasteiger partial charge in [-0.25, -0.2) is 0 Å². The fraction of sp³-hybridized carbons (Fsp3) is 0.357. The Labute approximate surface area is 116 Å². The molecule has 0 aliphatic heterocycles. The van der Waals surface area contributed by atoms with Crippen molar-refractivity contribution in [2.24, 2.45) is 23.0 Å². The molecule has 0 aromatic heterocycles. The number of nitrogens with two attached hydrogens (primary N) is 1. The lowest BCUT2D eigenvalue weighted by Crippen LogP contribution is -2.21. The molecule has 1 aromatic carbocycles. The molecule has 20 heavy (non-hydrogen) atoms. The lowest BCUT2D eigenvalue weighted by atomic mass is 10.1. The van der Waals surface area contributed by atoms with Crippen LogP contribution in [0.3, 0.4) is 0 Å². The maximum absolute atomic E-state index is 12.2. The number of benzene rings is 1. The van der Waals surface area contributed by atoms with E-state index < -0.39 is 35.0 Å². The molecule has 0 heterocycles. The molecule has 0 unspecified atom stereocenters. The normalized spacial score (nSPS) is 22.9. The highest BCUT2D eigenvalue weighted by Gasteiger charge is 2.65. The molecular weight excluding hydrogens is 260 g/mol. The van der Waals surface area contributed by atoms with Gasteiger partial charge in [-0.2, -0.15) is 0 Å². The molecule has 1 aromatic rings. The molecule has 2 amide bonds. The Bertz CT molecular complexity index is 595. The van der Waals surface area contributed by atoms with Crippen molar-refractivity contribution in [3.8, 4) is 0 Å². The molecule has 6 heteroatoms. The van der Waals surface area contributed by atoms with Crippen LogP contribution in [0, 0.1) is 17.3 Å². The second kappa shape index (κ2) is 4.63. The minimum atomic E-state index is -0.988. The highest BCUT2D eigenvalue weighted by atomic mass is 16.4. The summed E-state index contributed by atoms with van der Waals surface area (Å²) in [5, 5.41) is 11.7. The standard InChI is InChI=1S/C14H16N2O4/c1-14(2)9(10(14)13(19)20)12(18)16-8-6-4-3-5-7(8)11(15)17/h3-6,9-10H,1-2H3,(H2,15,17)(H,16,18)(H,19,20)/t9-,10-/m1/s1. The smallest absolute Gasteiger partial charge is 0.307 e. The predicted molar refractivity (Wildman–Crippen MR) is 72.0 cm³/mol. The van der Waals surface area contributed by atoms with E-state index >= 15 is 0 Å². The lowest BCUT2D eigenvalue weighted by Gasteiger charge is -2.09. The molecule has 0 saturated heterocycles. The third-order valence-electron chi connectivity index (χ3n) is 3.83. The van der Waals surface area contributed by atoms with Gasteiger partial charge in [0, 0.05) is 0 Å². The fourth-order valence-electron chi connectivity index (χ4n) is 2.61. The van der Waals surface area contributed by atoms with E-state index in [1.165, 1.54) is 6.07 Å². The van der Waals surface area contributed by atoms with Gasteiger partial charge >= 0.3 is 5.97 Å². The first kappa shape index (κ1) is 14.0. The molecule has 4 N–H and O–H groups in total. The number of rotatable bonds is 4. The summed E-state index contributed by atoms with van der Waals surface area (Å²) in [4.78, 5) is 34.5. The highest BCUT2D eigenvalue weighted by Crippen LogP contribution is 2.58. The van der Waals surface area contributed by atoms with Crippen LogP contribution < -0.4 is 11.1 Å². The average Bonchev–Trinajstić information content (AvgIpc) is 2.93. The maximum Gasteiger partial charge on any atom is 0.307 e. The SMILES string of the molecule is CC1(C)[C@@H](C(=O)O)[C@@H]1C(=O)Nc1ccccc1C(N)=O. The lowest BCUT2D eigenvalue weighted by molar-refractivity contribution is -0.140. The van der Waals surface area contributed by atoms with Crippen LogP contribution in [0.1, 0.15) is 24.2 Å². The van der Waals surface area contributed by atoms with E-state index in [9.17, 15) is 14.4 Å². The quantitative estimate of drug-likeness (QED) is 0.764. The van der Waals surface area contributed by atoms with E-state index in [0.29, 0.717) is 5.69 Å². The Morgan fingerprint density at radius 1 is 1.20 bits per heavy atom. The number of anilines is 1. The summed E-state index contributed by atoms with van der Waals surface area (Å²) < 4.78 is 0. The first-order valence-corrected chi connectivity index (χ1v) is 6.19. The Balaban J connectivity index is 2.18. The van der Waals surface area contributed by atoms with Crippen molar-refractivity contribution < 1.29 is 19.5 Å². The van der Waals surface area contributed by atoms with Crippen LogP contribution in [0.2, 0.25) is 0 Å². The molecule has 2 atom stereocenters. The summed E-state index contributed by atoms with van der Waals surface area (Å²) in [6.07, 6.45) is 0. The van der Waals surface area contributed by atoms with Crippen molar-refractivity contribution in [1.29, 1.82) is 0 Å². The monoisotopic (exact) mass is 276 g/mol. The van der Waals surface area contributed by atoms with E-state index in [1.54, 1.807) is 32.0 Å². The van der Waals surface area contributed by atoms with Crippen molar-refractivity contribution in [3.63, 3.8) is 0 Å². The zero-order valence-corrected chi connectivity index (χ0v) is 11.2. The van der Waals surface area contributed by atoms with E-state index in [4.69, 9.17) is 10.8 Å². The average molecular weight is 276 g/mol. The molecule has 106 valence electrons. The fourth-order valence-corrected chi connectivity index (χ4v) is 2.61. The van der Waals surface area contributed by atoms with Crippen LogP contribution in [0.4, 0.5) is 5.69 Å². The van der Waals surface area contributed by atoms with Gasteiger partial charge in [0.15, 0.2) is 0 Å². The molecule has 2 rings (SSSR count). The van der Waals surface area contributed by atoms with Gasteiger partial charge in [0.25, 0.3) is 5.91 Å². The van der Waals surface area contributed by atoms with Crippen molar-refractivity contribution in [3.05, 3.63) is 29.8 Å². The van der Waals surface area contributed by atoms with E-state index in [-0.39, 0.29) is 5.56 Å². The van der Waals surface area contributed by atoms with Crippen LogP contribution in [0.25, 0.3) is 0 Å². The maximum atomic E-state index is 12.2. The van der Waals surface area contributed by atoms with Crippen LogP contribution in [-0.2, 0) is 9.59 Å². The highest BCUT2D eigenvalue weighted by molar-refractivity contribution is 6.05. The largest absolute Gasteiger partial charge is 0.481 e. The number of carboxylic acids is 1. The summed E-state index contributed by atoms with van der Waals surface area (Å²) in [7, 11) is 0. The Hall–Kier alpha value is -2.37. The number of amides is 2. The second-order valence-electron chi connectivity index (χ2n) is 5.51. The van der Waals surface area contributed by atoms with Gasteiger partial charge in [-0.05, 0) is 17.5 Å². The molecule has 1 saturated carbocycles. The number of carbonyl (C=O) groups excluding carboxylic acids is 2. The number of carbonyl (C=O) groups is 3.